The Balaban J connectivity index is 2.08. The molecule has 0 aliphatic carbocycles. The molecule has 76 valence electrons. The quantitative estimate of drug-likeness (QED) is 0.818. The number of nitrogens with zero attached hydrogens (tertiary/aromatic N) is 2. The van der Waals surface area contributed by atoms with Crippen molar-refractivity contribution >= 4 is 0 Å². The molecule has 2 rings (SSSR count). The lowest BCUT2D eigenvalue weighted by Gasteiger charge is -2.10. The van der Waals surface area contributed by atoms with Crippen LogP contribution in [-0.4, -0.2) is 9.97 Å². The molecule has 2 N–H and O–H groups in total. The number of hydrogen-bond donors (Lipinski definition) is 1. The van der Waals surface area contributed by atoms with E-state index in [1.807, 2.05) is 18.2 Å². The van der Waals surface area contributed by atoms with Gasteiger partial charge in [-0.25, -0.2) is 9.97 Å². The summed E-state index contributed by atoms with van der Waals surface area (Å²) in [5.41, 5.74) is 8.25. The van der Waals surface area contributed by atoms with Crippen LogP contribution in [0.25, 0.3) is 0 Å². The predicted octanol–water partition coefficient (Wildman–Crippen LogP) is 1.72. The van der Waals surface area contributed by atoms with E-state index in [0.29, 0.717) is 0 Å². The Hall–Kier alpha value is -1.74. The molecule has 3 heteroatoms. The summed E-state index contributed by atoms with van der Waals surface area (Å²) >= 11 is 0. The first-order valence-electron chi connectivity index (χ1n) is 4.90. The van der Waals surface area contributed by atoms with Gasteiger partial charge >= 0.3 is 0 Å². The number of hydrogen-bond acceptors (Lipinski definition) is 3. The lowest BCUT2D eigenvalue weighted by Crippen LogP contribution is -2.13. The van der Waals surface area contributed by atoms with E-state index in [-0.39, 0.29) is 6.04 Å². The number of rotatable bonds is 3. The van der Waals surface area contributed by atoms with Crippen molar-refractivity contribution in [1.29, 1.82) is 0 Å². The average Bonchev–Trinajstić information content (AvgIpc) is 2.31. The van der Waals surface area contributed by atoms with E-state index in [2.05, 4.69) is 22.1 Å². The van der Waals surface area contributed by atoms with Crippen molar-refractivity contribution < 1.29 is 0 Å². The number of nitrogens with two attached hydrogens (primary N) is 1. The second kappa shape index (κ2) is 4.66. The summed E-state index contributed by atoms with van der Waals surface area (Å²) in [5, 5.41) is 0. The summed E-state index contributed by atoms with van der Waals surface area (Å²) in [4.78, 5) is 7.91. The maximum absolute atomic E-state index is 6.05. The molecule has 0 saturated carbocycles. The van der Waals surface area contributed by atoms with Crippen LogP contribution in [0.5, 0.6) is 0 Å². The summed E-state index contributed by atoms with van der Waals surface area (Å²) in [6.45, 7) is 0. The van der Waals surface area contributed by atoms with E-state index in [1.165, 1.54) is 11.9 Å². The molecule has 0 fully saturated rings. The maximum atomic E-state index is 6.05. The zero-order valence-corrected chi connectivity index (χ0v) is 8.38. The Kier molecular flexibility index (Phi) is 3.05. The second-order valence-electron chi connectivity index (χ2n) is 3.47. The molecule has 1 aromatic carbocycles. The van der Waals surface area contributed by atoms with Crippen LogP contribution in [0.1, 0.15) is 17.2 Å². The molecule has 3 nitrogen and oxygen atoms in total. The SMILES string of the molecule is NC(Cc1ccccc1)c1cncnc1. The van der Waals surface area contributed by atoms with Crippen LogP contribution in [0.3, 0.4) is 0 Å². The van der Waals surface area contributed by atoms with Crippen molar-refractivity contribution in [3.63, 3.8) is 0 Å². The summed E-state index contributed by atoms with van der Waals surface area (Å²) in [6.07, 6.45) is 5.86. The first-order valence-corrected chi connectivity index (χ1v) is 4.90. The largest absolute Gasteiger partial charge is 0.324 e. The highest BCUT2D eigenvalue weighted by molar-refractivity contribution is 5.19. The number of benzene rings is 1. The van der Waals surface area contributed by atoms with Gasteiger partial charge in [-0.1, -0.05) is 30.3 Å². The zero-order valence-electron chi connectivity index (χ0n) is 8.38. The minimum absolute atomic E-state index is 0.0337. The third-order valence-corrected chi connectivity index (χ3v) is 2.31. The van der Waals surface area contributed by atoms with Gasteiger partial charge in [0.2, 0.25) is 0 Å². The molecule has 0 radical (unpaired) electrons. The molecule has 1 atom stereocenters. The van der Waals surface area contributed by atoms with Crippen LogP contribution < -0.4 is 5.73 Å². The van der Waals surface area contributed by atoms with Crippen LogP contribution in [-0.2, 0) is 6.42 Å². The molecule has 0 saturated heterocycles. The molecule has 0 aliphatic heterocycles. The van der Waals surface area contributed by atoms with E-state index in [9.17, 15) is 0 Å². The van der Waals surface area contributed by atoms with E-state index in [1.54, 1.807) is 12.4 Å². The third kappa shape index (κ3) is 2.60. The molecule has 0 bridgehead atoms. The Labute approximate surface area is 89.0 Å². The topological polar surface area (TPSA) is 51.8 Å². The van der Waals surface area contributed by atoms with E-state index in [0.717, 1.165) is 12.0 Å². The van der Waals surface area contributed by atoms with Gasteiger partial charge in [0.1, 0.15) is 6.33 Å². The standard InChI is InChI=1S/C12H13N3/c13-12(11-7-14-9-15-8-11)6-10-4-2-1-3-5-10/h1-5,7-9,12H,6,13H2. The van der Waals surface area contributed by atoms with Crippen molar-refractivity contribution in [1.82, 2.24) is 9.97 Å². The third-order valence-electron chi connectivity index (χ3n) is 2.31. The molecule has 0 aliphatic rings. The molecule has 0 amide bonds. The van der Waals surface area contributed by atoms with Gasteiger partial charge in [-0.15, -0.1) is 0 Å². The number of aromatic nitrogens is 2. The van der Waals surface area contributed by atoms with Gasteiger partial charge in [0.25, 0.3) is 0 Å². The highest BCUT2D eigenvalue weighted by atomic mass is 14.8. The van der Waals surface area contributed by atoms with Gasteiger partial charge in [0.15, 0.2) is 0 Å². The van der Waals surface area contributed by atoms with Gasteiger partial charge in [-0.05, 0) is 12.0 Å². The molecule has 1 unspecified atom stereocenters. The summed E-state index contributed by atoms with van der Waals surface area (Å²) in [5.74, 6) is 0. The maximum Gasteiger partial charge on any atom is 0.115 e. The molecule has 1 aromatic heterocycles. The first-order chi connectivity index (χ1) is 7.36. The summed E-state index contributed by atoms with van der Waals surface area (Å²) in [6, 6.07) is 10.1. The van der Waals surface area contributed by atoms with Gasteiger partial charge in [-0.3, -0.25) is 0 Å². The van der Waals surface area contributed by atoms with Crippen LogP contribution in [0.4, 0.5) is 0 Å². The monoisotopic (exact) mass is 199 g/mol. The fourth-order valence-electron chi connectivity index (χ4n) is 1.49. The van der Waals surface area contributed by atoms with Crippen molar-refractivity contribution in [3.05, 3.63) is 60.2 Å². The fraction of sp³-hybridized carbons (Fsp3) is 0.167. The molecular formula is C12H13N3. The molecule has 0 spiro atoms. The minimum Gasteiger partial charge on any atom is -0.324 e. The lowest BCUT2D eigenvalue weighted by molar-refractivity contribution is 0.713. The summed E-state index contributed by atoms with van der Waals surface area (Å²) in [7, 11) is 0. The smallest absolute Gasteiger partial charge is 0.115 e. The molecule has 2 aromatic rings. The molecule has 15 heavy (non-hydrogen) atoms. The van der Waals surface area contributed by atoms with Gasteiger partial charge < -0.3 is 5.73 Å². The Morgan fingerprint density at radius 2 is 1.73 bits per heavy atom. The first kappa shape index (κ1) is 9.80. The normalized spacial score (nSPS) is 12.3. The minimum atomic E-state index is -0.0337. The van der Waals surface area contributed by atoms with Crippen LogP contribution in [0, 0.1) is 0 Å². The molecule has 1 heterocycles. The Morgan fingerprint density at radius 1 is 1.07 bits per heavy atom. The highest BCUT2D eigenvalue weighted by Gasteiger charge is 2.06. The molecular weight excluding hydrogens is 186 g/mol. The lowest BCUT2D eigenvalue weighted by atomic mass is 10.0. The summed E-state index contributed by atoms with van der Waals surface area (Å²) < 4.78 is 0. The predicted molar refractivity (Wildman–Crippen MR) is 59.1 cm³/mol. The van der Waals surface area contributed by atoms with Crippen molar-refractivity contribution in [2.75, 3.05) is 0 Å². The van der Waals surface area contributed by atoms with Crippen LogP contribution >= 0.6 is 0 Å². The second-order valence-corrected chi connectivity index (χ2v) is 3.47. The van der Waals surface area contributed by atoms with Gasteiger partial charge in [-0.2, -0.15) is 0 Å². The zero-order chi connectivity index (χ0) is 10.5. The van der Waals surface area contributed by atoms with Crippen molar-refractivity contribution in [3.8, 4) is 0 Å². The van der Waals surface area contributed by atoms with E-state index < -0.39 is 0 Å². The van der Waals surface area contributed by atoms with E-state index in [4.69, 9.17) is 5.73 Å². The fourth-order valence-corrected chi connectivity index (χ4v) is 1.49. The van der Waals surface area contributed by atoms with Gasteiger partial charge in [0, 0.05) is 24.0 Å². The Morgan fingerprint density at radius 3 is 2.40 bits per heavy atom. The van der Waals surface area contributed by atoms with Crippen LogP contribution in [0.15, 0.2) is 49.1 Å². The van der Waals surface area contributed by atoms with Crippen molar-refractivity contribution in [2.45, 2.75) is 12.5 Å². The van der Waals surface area contributed by atoms with Gasteiger partial charge in [0.05, 0.1) is 0 Å². The average molecular weight is 199 g/mol. The van der Waals surface area contributed by atoms with Crippen LogP contribution in [0.2, 0.25) is 0 Å². The highest BCUT2D eigenvalue weighted by Crippen LogP contribution is 2.13. The van der Waals surface area contributed by atoms with E-state index >= 15 is 0 Å². The Bertz CT molecular complexity index is 400. The van der Waals surface area contributed by atoms with Crippen molar-refractivity contribution in [2.24, 2.45) is 5.73 Å².